The minimum atomic E-state index is -1.17. The summed E-state index contributed by atoms with van der Waals surface area (Å²) in [7, 11) is 0. The summed E-state index contributed by atoms with van der Waals surface area (Å²) in [6.45, 7) is -1.05. The number of carbonyl (C=O) groups excluding carboxylic acids is 1. The molecule has 0 aliphatic rings. The molecule has 0 aliphatic heterocycles. The van der Waals surface area contributed by atoms with Crippen molar-refractivity contribution in [1.82, 2.24) is 0 Å². The van der Waals surface area contributed by atoms with Gasteiger partial charge in [0, 0.05) is 0 Å². The molecule has 0 N–H and O–H groups in total. The van der Waals surface area contributed by atoms with E-state index in [1.807, 2.05) is 0 Å². The molecule has 1 unspecified atom stereocenters. The lowest BCUT2D eigenvalue weighted by Gasteiger charge is -2.11. The average molecular weight is 184 g/mol. The number of alkyl halides is 1. The first-order valence-electron chi connectivity index (χ1n) is 3.71. The van der Waals surface area contributed by atoms with Gasteiger partial charge in [-0.3, -0.25) is 4.79 Å². The second-order valence-corrected chi connectivity index (χ2v) is 2.21. The molecule has 3 nitrogen and oxygen atoms in total. The lowest BCUT2D eigenvalue weighted by molar-refractivity contribution is -0.144. The zero-order valence-electron chi connectivity index (χ0n) is 6.85. The molecule has 0 fully saturated rings. The van der Waals surface area contributed by atoms with Gasteiger partial charge in [0.1, 0.15) is 5.75 Å². The molecule has 0 spiro atoms. The first kappa shape index (κ1) is 9.67. The van der Waals surface area contributed by atoms with Crippen LogP contribution in [0.1, 0.15) is 0 Å². The van der Waals surface area contributed by atoms with Gasteiger partial charge in [0.25, 0.3) is 6.29 Å². The van der Waals surface area contributed by atoms with Gasteiger partial charge >= 0.3 is 0 Å². The molecule has 0 aromatic heterocycles. The van der Waals surface area contributed by atoms with Crippen LogP contribution in [0.25, 0.3) is 0 Å². The number of rotatable bonds is 5. The van der Waals surface area contributed by atoms with E-state index >= 15 is 0 Å². The Morgan fingerprint density at radius 3 is 2.62 bits per heavy atom. The SMILES string of the molecule is O=CC(OCF)Oc1ccccc1. The van der Waals surface area contributed by atoms with Gasteiger partial charge < -0.3 is 9.47 Å². The second kappa shape index (κ2) is 5.27. The van der Waals surface area contributed by atoms with Gasteiger partial charge in [-0.1, -0.05) is 18.2 Å². The Balaban J connectivity index is 2.51. The summed E-state index contributed by atoms with van der Waals surface area (Å²) in [5.74, 6) is 0.466. The maximum atomic E-state index is 11.7. The Bertz CT molecular complexity index is 250. The number of benzene rings is 1. The van der Waals surface area contributed by atoms with Crippen LogP contribution >= 0.6 is 0 Å². The van der Waals surface area contributed by atoms with Crippen LogP contribution < -0.4 is 4.74 Å². The van der Waals surface area contributed by atoms with Gasteiger partial charge in [0.2, 0.25) is 0 Å². The third-order valence-corrected chi connectivity index (χ3v) is 1.33. The van der Waals surface area contributed by atoms with Crippen LogP contribution in [-0.2, 0) is 9.53 Å². The van der Waals surface area contributed by atoms with E-state index in [1.165, 1.54) is 0 Å². The van der Waals surface area contributed by atoms with E-state index in [-0.39, 0.29) is 0 Å². The van der Waals surface area contributed by atoms with Crippen LogP contribution in [0.5, 0.6) is 5.75 Å². The quantitative estimate of drug-likeness (QED) is 0.514. The van der Waals surface area contributed by atoms with Crippen LogP contribution in [0.15, 0.2) is 30.3 Å². The van der Waals surface area contributed by atoms with Crippen LogP contribution in [-0.4, -0.2) is 19.4 Å². The van der Waals surface area contributed by atoms with Crippen molar-refractivity contribution >= 4 is 6.29 Å². The average Bonchev–Trinajstić information content (AvgIpc) is 2.19. The number of halogens is 1. The number of para-hydroxylation sites is 1. The summed E-state index contributed by atoms with van der Waals surface area (Å²) in [5, 5.41) is 0. The smallest absolute Gasteiger partial charge is 0.259 e. The van der Waals surface area contributed by atoms with Crippen LogP contribution in [0.4, 0.5) is 4.39 Å². The summed E-state index contributed by atoms with van der Waals surface area (Å²) in [6.07, 6.45) is -0.778. The second-order valence-electron chi connectivity index (χ2n) is 2.21. The summed E-state index contributed by atoms with van der Waals surface area (Å²) >= 11 is 0. The van der Waals surface area contributed by atoms with Crippen molar-refractivity contribution in [2.75, 3.05) is 6.86 Å². The molecule has 0 amide bonds. The molecule has 0 bridgehead atoms. The molecule has 0 saturated carbocycles. The van der Waals surface area contributed by atoms with Gasteiger partial charge in [-0.25, -0.2) is 4.39 Å². The number of hydrogen-bond acceptors (Lipinski definition) is 3. The summed E-state index contributed by atoms with van der Waals surface area (Å²) in [5.41, 5.74) is 0. The molecule has 4 heteroatoms. The molecule has 1 aromatic rings. The first-order valence-corrected chi connectivity index (χ1v) is 3.71. The topological polar surface area (TPSA) is 35.5 Å². The first-order chi connectivity index (χ1) is 6.36. The Kier molecular flexibility index (Phi) is 3.92. The molecule has 0 saturated heterocycles. The summed E-state index contributed by atoms with van der Waals surface area (Å²) in [4.78, 5) is 10.3. The van der Waals surface area contributed by atoms with Crippen molar-refractivity contribution in [2.45, 2.75) is 6.29 Å². The fraction of sp³-hybridized carbons (Fsp3) is 0.222. The highest BCUT2D eigenvalue weighted by molar-refractivity contribution is 5.54. The van der Waals surface area contributed by atoms with E-state index in [9.17, 15) is 9.18 Å². The molecule has 70 valence electrons. The Morgan fingerprint density at radius 1 is 1.38 bits per heavy atom. The van der Waals surface area contributed by atoms with Crippen molar-refractivity contribution in [1.29, 1.82) is 0 Å². The molecule has 0 radical (unpaired) electrons. The maximum absolute atomic E-state index is 11.7. The standard InChI is InChI=1S/C9H9FO3/c10-7-12-9(6-11)13-8-4-2-1-3-5-8/h1-6,9H,7H2. The van der Waals surface area contributed by atoms with E-state index < -0.39 is 13.2 Å². The molecule has 0 heterocycles. The lowest BCUT2D eigenvalue weighted by atomic mass is 10.3. The molecule has 1 aromatic carbocycles. The predicted octanol–water partition coefficient (Wildman–Crippen LogP) is 1.53. The van der Waals surface area contributed by atoms with Crippen LogP contribution in [0.2, 0.25) is 0 Å². The third kappa shape index (κ3) is 3.21. The largest absolute Gasteiger partial charge is 0.458 e. The van der Waals surface area contributed by atoms with Crippen molar-refractivity contribution in [2.24, 2.45) is 0 Å². The Morgan fingerprint density at radius 2 is 2.08 bits per heavy atom. The Labute approximate surface area is 75.1 Å². The van der Waals surface area contributed by atoms with Gasteiger partial charge in [-0.05, 0) is 12.1 Å². The third-order valence-electron chi connectivity index (χ3n) is 1.33. The molecule has 0 aliphatic carbocycles. The number of carbonyl (C=O) groups is 1. The Hall–Kier alpha value is -1.42. The zero-order chi connectivity index (χ0) is 9.52. The highest BCUT2D eigenvalue weighted by Crippen LogP contribution is 2.10. The van der Waals surface area contributed by atoms with Crippen molar-refractivity contribution in [3.8, 4) is 5.75 Å². The van der Waals surface area contributed by atoms with Crippen LogP contribution in [0.3, 0.4) is 0 Å². The normalized spacial score (nSPS) is 12.1. The lowest BCUT2D eigenvalue weighted by Crippen LogP contribution is -2.21. The van der Waals surface area contributed by atoms with Crippen molar-refractivity contribution < 1.29 is 18.7 Å². The summed E-state index contributed by atoms with van der Waals surface area (Å²) < 4.78 is 21.0. The van der Waals surface area contributed by atoms with Gasteiger partial charge in [-0.15, -0.1) is 0 Å². The molecule has 13 heavy (non-hydrogen) atoms. The monoisotopic (exact) mass is 184 g/mol. The van der Waals surface area contributed by atoms with Gasteiger partial charge in [0.05, 0.1) is 0 Å². The van der Waals surface area contributed by atoms with E-state index in [0.717, 1.165) is 0 Å². The zero-order valence-corrected chi connectivity index (χ0v) is 6.85. The fourth-order valence-electron chi connectivity index (χ4n) is 0.796. The van der Waals surface area contributed by atoms with E-state index in [4.69, 9.17) is 4.74 Å². The summed E-state index contributed by atoms with van der Waals surface area (Å²) in [6, 6.07) is 8.59. The van der Waals surface area contributed by atoms with Crippen LogP contribution in [0, 0.1) is 0 Å². The van der Waals surface area contributed by atoms with Crippen molar-refractivity contribution in [3.63, 3.8) is 0 Å². The minimum absolute atomic E-state index is 0.395. The molecular weight excluding hydrogens is 175 g/mol. The number of aldehydes is 1. The number of ether oxygens (including phenoxy) is 2. The van der Waals surface area contributed by atoms with Gasteiger partial charge in [-0.2, -0.15) is 0 Å². The maximum Gasteiger partial charge on any atom is 0.259 e. The predicted molar refractivity (Wildman–Crippen MR) is 44.0 cm³/mol. The molecular formula is C9H9FO3. The minimum Gasteiger partial charge on any atom is -0.458 e. The van der Waals surface area contributed by atoms with E-state index in [0.29, 0.717) is 12.0 Å². The highest BCUT2D eigenvalue weighted by Gasteiger charge is 2.07. The fourth-order valence-corrected chi connectivity index (χ4v) is 0.796. The molecule has 1 atom stereocenters. The molecule has 1 rings (SSSR count). The van der Waals surface area contributed by atoms with Gasteiger partial charge in [0.15, 0.2) is 13.1 Å². The van der Waals surface area contributed by atoms with E-state index in [1.54, 1.807) is 30.3 Å². The highest BCUT2D eigenvalue weighted by atomic mass is 19.1. The van der Waals surface area contributed by atoms with Crippen molar-refractivity contribution in [3.05, 3.63) is 30.3 Å². The number of hydrogen-bond donors (Lipinski definition) is 0. The van der Waals surface area contributed by atoms with E-state index in [2.05, 4.69) is 4.74 Å².